The number of alkyl halides is 1. The van der Waals surface area contributed by atoms with Crippen molar-refractivity contribution in [1.82, 2.24) is 5.32 Å². The van der Waals surface area contributed by atoms with Crippen molar-refractivity contribution in [1.29, 1.82) is 0 Å². The average Bonchev–Trinajstić information content (AvgIpc) is 1.59. The van der Waals surface area contributed by atoms with Crippen molar-refractivity contribution >= 4 is 6.09 Å². The molecule has 0 aromatic rings. The van der Waals surface area contributed by atoms with E-state index in [2.05, 4.69) is 4.74 Å². The quantitative estimate of drug-likeness (QED) is 0.573. The van der Waals surface area contributed by atoms with Crippen LogP contribution in [0.3, 0.4) is 0 Å². The van der Waals surface area contributed by atoms with Crippen LogP contribution in [0.5, 0.6) is 0 Å². The molecule has 0 unspecified atom stereocenters. The van der Waals surface area contributed by atoms with Gasteiger partial charge in [0.15, 0.2) is 6.80 Å². The molecule has 0 radical (unpaired) electrons. The number of alkyl carbamates (subject to hydrolysis) is 1. The molecule has 0 bridgehead atoms. The molecular formula is C6H12FNO2. The molecule has 0 spiro atoms. The third-order valence-electron chi connectivity index (χ3n) is 0.610. The monoisotopic (exact) mass is 149 g/mol. The summed E-state index contributed by atoms with van der Waals surface area (Å²) in [5.41, 5.74) is -0.556. The van der Waals surface area contributed by atoms with Crippen LogP contribution in [0.15, 0.2) is 0 Å². The molecule has 1 N–H and O–H groups in total. The van der Waals surface area contributed by atoms with Crippen LogP contribution in [0.2, 0.25) is 0 Å². The zero-order valence-electron chi connectivity index (χ0n) is 6.40. The Morgan fingerprint density at radius 3 is 2.40 bits per heavy atom. The number of rotatable bonds is 1. The predicted octanol–water partition coefficient (Wildman–Crippen LogP) is 1.44. The van der Waals surface area contributed by atoms with E-state index in [1.807, 2.05) is 5.32 Å². The van der Waals surface area contributed by atoms with Crippen molar-refractivity contribution in [2.24, 2.45) is 0 Å². The first-order chi connectivity index (χ1) is 4.45. The maximum Gasteiger partial charge on any atom is 0.409 e. The number of ether oxygens (including phenoxy) is 1. The van der Waals surface area contributed by atoms with Crippen LogP contribution in [-0.2, 0) is 4.74 Å². The molecule has 4 heteroatoms. The van der Waals surface area contributed by atoms with E-state index in [1.165, 1.54) is 0 Å². The van der Waals surface area contributed by atoms with Gasteiger partial charge in [0, 0.05) is 0 Å². The molecule has 0 aromatic carbocycles. The summed E-state index contributed by atoms with van der Waals surface area (Å²) in [6.45, 7) is 4.25. The maximum absolute atomic E-state index is 11.4. The molecule has 0 aliphatic rings. The molecule has 0 aliphatic carbocycles. The van der Waals surface area contributed by atoms with E-state index >= 15 is 0 Å². The Morgan fingerprint density at radius 2 is 2.10 bits per heavy atom. The molecule has 0 saturated heterocycles. The van der Waals surface area contributed by atoms with E-state index in [4.69, 9.17) is 0 Å². The fourth-order valence-electron chi connectivity index (χ4n) is 0.369. The molecule has 0 saturated carbocycles. The number of carbonyl (C=O) groups is 1. The van der Waals surface area contributed by atoms with Gasteiger partial charge in [0.2, 0.25) is 0 Å². The third kappa shape index (κ3) is 5.34. The first kappa shape index (κ1) is 9.20. The second-order valence-corrected chi connectivity index (χ2v) is 2.81. The largest absolute Gasteiger partial charge is 0.444 e. The lowest BCUT2D eigenvalue weighted by atomic mass is 10.2. The van der Waals surface area contributed by atoms with Crippen molar-refractivity contribution in [3.8, 4) is 0 Å². The lowest BCUT2D eigenvalue weighted by Crippen LogP contribution is -2.31. The van der Waals surface area contributed by atoms with E-state index in [1.54, 1.807) is 20.8 Å². The summed E-state index contributed by atoms with van der Waals surface area (Å²) < 4.78 is 16.1. The summed E-state index contributed by atoms with van der Waals surface area (Å²) in [7, 11) is 0. The van der Waals surface area contributed by atoms with Gasteiger partial charge in [-0.3, -0.25) is 5.32 Å². The highest BCUT2D eigenvalue weighted by atomic mass is 19.1. The normalized spacial score (nSPS) is 10.8. The lowest BCUT2D eigenvalue weighted by molar-refractivity contribution is 0.0506. The molecule has 0 rings (SSSR count). The van der Waals surface area contributed by atoms with Gasteiger partial charge in [-0.15, -0.1) is 0 Å². The van der Waals surface area contributed by atoms with E-state index in [-0.39, 0.29) is 0 Å². The zero-order valence-corrected chi connectivity index (χ0v) is 6.40. The molecule has 0 atom stereocenters. The molecule has 0 fully saturated rings. The van der Waals surface area contributed by atoms with Gasteiger partial charge in [-0.25, -0.2) is 9.18 Å². The molecule has 3 nitrogen and oxygen atoms in total. The van der Waals surface area contributed by atoms with E-state index in [0.717, 1.165) is 0 Å². The van der Waals surface area contributed by atoms with Crippen LogP contribution in [0, 0.1) is 0 Å². The van der Waals surface area contributed by atoms with Gasteiger partial charge >= 0.3 is 6.09 Å². The van der Waals surface area contributed by atoms with Crippen LogP contribution in [-0.4, -0.2) is 18.5 Å². The Kier molecular flexibility index (Phi) is 3.12. The second-order valence-electron chi connectivity index (χ2n) is 2.81. The van der Waals surface area contributed by atoms with Gasteiger partial charge in [-0.1, -0.05) is 0 Å². The maximum atomic E-state index is 11.4. The minimum atomic E-state index is -0.894. The zero-order chi connectivity index (χ0) is 8.20. The highest BCUT2D eigenvalue weighted by molar-refractivity contribution is 5.67. The Bertz CT molecular complexity index is 119. The van der Waals surface area contributed by atoms with Gasteiger partial charge in [-0.05, 0) is 20.8 Å². The van der Waals surface area contributed by atoms with Crippen LogP contribution in [0.25, 0.3) is 0 Å². The highest BCUT2D eigenvalue weighted by Crippen LogP contribution is 2.05. The molecule has 1 amide bonds. The molecule has 0 aromatic heterocycles. The minimum Gasteiger partial charge on any atom is -0.444 e. The van der Waals surface area contributed by atoms with E-state index in [0.29, 0.717) is 0 Å². The number of amides is 1. The fraction of sp³-hybridized carbons (Fsp3) is 0.833. The number of nitrogens with one attached hydrogen (secondary N) is 1. The van der Waals surface area contributed by atoms with Gasteiger partial charge in [0.25, 0.3) is 0 Å². The standard InChI is InChI=1S/C6H12FNO2/c1-6(2,3)10-5(9)8-4-7/h4H2,1-3H3,(H,8,9). The third-order valence-corrected chi connectivity index (χ3v) is 0.610. The Morgan fingerprint density at radius 1 is 1.60 bits per heavy atom. The van der Waals surface area contributed by atoms with Gasteiger partial charge in [-0.2, -0.15) is 0 Å². The molecule has 0 heterocycles. The van der Waals surface area contributed by atoms with Crippen molar-refractivity contribution < 1.29 is 13.9 Å². The number of halogens is 1. The molecule has 60 valence electrons. The van der Waals surface area contributed by atoms with Gasteiger partial charge < -0.3 is 4.74 Å². The second kappa shape index (κ2) is 3.39. The Hall–Kier alpha value is -0.800. The van der Waals surface area contributed by atoms with Crippen LogP contribution >= 0.6 is 0 Å². The van der Waals surface area contributed by atoms with Gasteiger partial charge in [0.1, 0.15) is 5.60 Å². The highest BCUT2D eigenvalue weighted by Gasteiger charge is 2.14. The number of hydrogen-bond donors (Lipinski definition) is 1. The van der Waals surface area contributed by atoms with Crippen LogP contribution in [0.1, 0.15) is 20.8 Å². The van der Waals surface area contributed by atoms with E-state index < -0.39 is 18.5 Å². The summed E-state index contributed by atoms with van der Waals surface area (Å²) in [6.07, 6.45) is -0.727. The van der Waals surface area contributed by atoms with Crippen molar-refractivity contribution in [3.05, 3.63) is 0 Å². The number of hydrogen-bond acceptors (Lipinski definition) is 2. The van der Waals surface area contributed by atoms with Crippen molar-refractivity contribution in [2.45, 2.75) is 26.4 Å². The smallest absolute Gasteiger partial charge is 0.409 e. The fourth-order valence-corrected chi connectivity index (χ4v) is 0.369. The van der Waals surface area contributed by atoms with Crippen LogP contribution in [0.4, 0.5) is 9.18 Å². The minimum absolute atomic E-state index is 0.556. The number of carbonyl (C=O) groups excluding carboxylic acids is 1. The summed E-state index contributed by atoms with van der Waals surface area (Å²) in [6, 6.07) is 0. The summed E-state index contributed by atoms with van der Waals surface area (Å²) in [4.78, 5) is 10.5. The van der Waals surface area contributed by atoms with Gasteiger partial charge in [0.05, 0.1) is 0 Å². The summed E-state index contributed by atoms with van der Waals surface area (Å²) >= 11 is 0. The first-order valence-electron chi connectivity index (χ1n) is 2.98. The predicted molar refractivity (Wildman–Crippen MR) is 35.3 cm³/mol. The van der Waals surface area contributed by atoms with Crippen LogP contribution < -0.4 is 5.32 Å². The first-order valence-corrected chi connectivity index (χ1v) is 2.98. The van der Waals surface area contributed by atoms with E-state index in [9.17, 15) is 9.18 Å². The Balaban J connectivity index is 3.58. The topological polar surface area (TPSA) is 38.3 Å². The Labute approximate surface area is 59.6 Å². The summed E-state index contributed by atoms with van der Waals surface area (Å²) in [5.74, 6) is 0. The molecule has 0 aliphatic heterocycles. The SMILES string of the molecule is CC(C)(C)OC(=O)NCF. The average molecular weight is 149 g/mol. The summed E-state index contributed by atoms with van der Waals surface area (Å²) in [5, 5.41) is 1.87. The lowest BCUT2D eigenvalue weighted by Gasteiger charge is -2.18. The van der Waals surface area contributed by atoms with Crippen molar-refractivity contribution in [3.63, 3.8) is 0 Å². The van der Waals surface area contributed by atoms with Crippen molar-refractivity contribution in [2.75, 3.05) is 6.80 Å². The molecule has 10 heavy (non-hydrogen) atoms. The molecular weight excluding hydrogens is 137 g/mol.